The van der Waals surface area contributed by atoms with Crippen molar-refractivity contribution in [1.29, 1.82) is 0 Å². The van der Waals surface area contributed by atoms with Crippen molar-refractivity contribution < 1.29 is 4.79 Å². The summed E-state index contributed by atoms with van der Waals surface area (Å²) in [5, 5.41) is 0.789. The number of hydrogen-bond acceptors (Lipinski definition) is 4. The summed E-state index contributed by atoms with van der Waals surface area (Å²) < 4.78 is 0. The van der Waals surface area contributed by atoms with Gasteiger partial charge in [0.2, 0.25) is 0 Å². The molecule has 1 aromatic rings. The molecule has 1 unspecified atom stereocenters. The normalized spacial score (nSPS) is 28.3. The summed E-state index contributed by atoms with van der Waals surface area (Å²) in [4.78, 5) is 20.3. The molecular weight excluding hydrogens is 418 g/mol. The Labute approximate surface area is 197 Å². The fraction of sp³-hybridized carbons (Fsp3) is 0.593. The lowest BCUT2D eigenvalue weighted by molar-refractivity contribution is -0.121. The first-order valence-corrected chi connectivity index (χ1v) is 12.9. The Morgan fingerprint density at radius 3 is 2.56 bits per heavy atom. The van der Waals surface area contributed by atoms with Crippen LogP contribution in [0.3, 0.4) is 0 Å². The predicted molar refractivity (Wildman–Crippen MR) is 131 cm³/mol. The zero-order valence-corrected chi connectivity index (χ0v) is 19.8. The molecule has 3 atom stereocenters. The summed E-state index contributed by atoms with van der Waals surface area (Å²) in [6.45, 7) is 6.48. The summed E-state index contributed by atoms with van der Waals surface area (Å²) in [6, 6.07) is 8.81. The number of rotatable bonds is 7. The maximum atomic E-state index is 12.9. The molecule has 5 rings (SSSR count). The molecule has 0 N–H and O–H groups in total. The molecule has 4 aliphatic rings. The first kappa shape index (κ1) is 22.2. The summed E-state index contributed by atoms with van der Waals surface area (Å²) in [7, 11) is 0. The third-order valence-corrected chi connectivity index (χ3v) is 8.27. The number of Topliss-reactive ketones (excluding diaryl/α,β-unsaturated/α-hetero) is 1. The molecule has 0 amide bonds. The van der Waals surface area contributed by atoms with Gasteiger partial charge in [0, 0.05) is 68.4 Å². The fourth-order valence-corrected chi connectivity index (χ4v) is 6.47. The number of nitrogens with zero attached hydrogens (tertiary/aromatic N) is 3. The summed E-state index contributed by atoms with van der Waals surface area (Å²) in [5.74, 6) is 1.91. The number of carbonyl (C=O) groups excluding carboxylic acids is 1. The van der Waals surface area contributed by atoms with E-state index in [9.17, 15) is 4.79 Å². The highest BCUT2D eigenvalue weighted by Gasteiger charge is 2.45. The van der Waals surface area contributed by atoms with Gasteiger partial charge in [-0.25, -0.2) is 0 Å². The van der Waals surface area contributed by atoms with Crippen LogP contribution in [0.25, 0.3) is 0 Å². The van der Waals surface area contributed by atoms with Crippen LogP contribution in [0, 0.1) is 11.8 Å². The van der Waals surface area contributed by atoms with Gasteiger partial charge in [0.1, 0.15) is 5.78 Å². The molecule has 2 aliphatic heterocycles. The Morgan fingerprint density at radius 1 is 1.00 bits per heavy atom. The topological polar surface area (TPSA) is 26.8 Å². The largest absolute Gasteiger partial charge is 0.371 e. The number of fused-ring (bicyclic) bond motifs is 3. The van der Waals surface area contributed by atoms with E-state index in [1.54, 1.807) is 0 Å². The Kier molecular flexibility index (Phi) is 7.01. The maximum Gasteiger partial charge on any atom is 0.148 e. The highest BCUT2D eigenvalue weighted by molar-refractivity contribution is 6.30. The summed E-state index contributed by atoms with van der Waals surface area (Å²) in [6.07, 6.45) is 14.2. The van der Waals surface area contributed by atoms with Crippen molar-refractivity contribution in [3.8, 4) is 0 Å². The van der Waals surface area contributed by atoms with Crippen molar-refractivity contribution in [2.45, 2.75) is 51.1 Å². The van der Waals surface area contributed by atoms with Crippen LogP contribution in [0.2, 0.25) is 5.02 Å². The second-order valence-corrected chi connectivity index (χ2v) is 10.5. The van der Waals surface area contributed by atoms with Crippen molar-refractivity contribution in [1.82, 2.24) is 14.7 Å². The Morgan fingerprint density at radius 2 is 1.75 bits per heavy atom. The van der Waals surface area contributed by atoms with E-state index in [0.717, 1.165) is 50.2 Å². The molecule has 4 nitrogen and oxygen atoms in total. The van der Waals surface area contributed by atoms with Crippen LogP contribution in [-0.4, -0.2) is 65.8 Å². The number of carbonyl (C=O) groups is 1. The Hall–Kier alpha value is -1.62. The third-order valence-electron chi connectivity index (χ3n) is 8.02. The van der Waals surface area contributed by atoms with Gasteiger partial charge in [0.25, 0.3) is 0 Å². The van der Waals surface area contributed by atoms with Crippen LogP contribution < -0.4 is 0 Å². The van der Waals surface area contributed by atoms with Gasteiger partial charge < -0.3 is 4.90 Å². The van der Waals surface area contributed by atoms with Gasteiger partial charge in [-0.1, -0.05) is 48.7 Å². The Balaban J connectivity index is 1.08. The lowest BCUT2D eigenvalue weighted by Gasteiger charge is -2.35. The zero-order valence-electron chi connectivity index (χ0n) is 19.1. The second-order valence-electron chi connectivity index (χ2n) is 10.0. The zero-order chi connectivity index (χ0) is 21.9. The smallest absolute Gasteiger partial charge is 0.148 e. The quantitative estimate of drug-likeness (QED) is 0.595. The SMILES string of the molecule is O=C(CCN1C2=CC=CC[C@H]2[C@H]2CCCCC21)CN1CCN(Cc2ccc(Cl)cc2)CC1. The average molecular weight is 454 g/mol. The number of piperazine rings is 1. The van der Waals surface area contributed by atoms with Crippen LogP contribution in [0.5, 0.6) is 0 Å². The molecule has 0 bridgehead atoms. The van der Waals surface area contributed by atoms with Gasteiger partial charge in [-0.3, -0.25) is 14.6 Å². The maximum absolute atomic E-state index is 12.9. The standard InChI is InChI=1S/C27H36ClN3O/c28-22-11-9-21(10-12-22)19-29-15-17-30(18-16-29)20-23(32)13-14-31-26-7-3-1-5-24(26)25-6-2-4-8-27(25)31/h1,3,7,9-12,24-25,27H,2,4-6,8,13-20H2/t24-,25+,27?/m0/s1. The molecule has 2 aliphatic carbocycles. The van der Waals surface area contributed by atoms with Crippen molar-refractivity contribution in [2.75, 3.05) is 39.3 Å². The minimum absolute atomic E-state index is 0.402. The van der Waals surface area contributed by atoms with E-state index in [2.05, 4.69) is 45.1 Å². The first-order chi connectivity index (χ1) is 15.7. The van der Waals surface area contributed by atoms with Crippen LogP contribution in [0.15, 0.2) is 48.2 Å². The van der Waals surface area contributed by atoms with Crippen molar-refractivity contribution >= 4 is 17.4 Å². The molecule has 172 valence electrons. The molecule has 2 saturated heterocycles. The van der Waals surface area contributed by atoms with E-state index in [4.69, 9.17) is 11.6 Å². The van der Waals surface area contributed by atoms with E-state index >= 15 is 0 Å². The van der Waals surface area contributed by atoms with E-state index in [1.165, 1.54) is 43.4 Å². The molecular formula is C27H36ClN3O. The minimum atomic E-state index is 0.402. The van der Waals surface area contributed by atoms with Crippen molar-refractivity contribution in [3.05, 3.63) is 58.8 Å². The van der Waals surface area contributed by atoms with Crippen LogP contribution >= 0.6 is 11.6 Å². The van der Waals surface area contributed by atoms with Crippen molar-refractivity contribution in [2.24, 2.45) is 11.8 Å². The number of likely N-dealkylation sites (tertiary alicyclic amines) is 1. The average Bonchev–Trinajstić information content (AvgIpc) is 3.14. The fourth-order valence-electron chi connectivity index (χ4n) is 6.35. The van der Waals surface area contributed by atoms with Gasteiger partial charge >= 0.3 is 0 Å². The number of benzene rings is 1. The summed E-state index contributed by atoms with van der Waals surface area (Å²) in [5.41, 5.74) is 2.82. The number of allylic oxidation sites excluding steroid dienone is 4. The second kappa shape index (κ2) is 10.1. The highest BCUT2D eigenvalue weighted by atomic mass is 35.5. The molecule has 5 heteroatoms. The van der Waals surface area contributed by atoms with Crippen molar-refractivity contribution in [3.63, 3.8) is 0 Å². The molecule has 0 spiro atoms. The highest BCUT2D eigenvalue weighted by Crippen LogP contribution is 2.48. The van der Waals surface area contributed by atoms with E-state index in [0.29, 0.717) is 30.7 Å². The molecule has 3 fully saturated rings. The number of hydrogen-bond donors (Lipinski definition) is 0. The lowest BCUT2D eigenvalue weighted by atomic mass is 9.77. The monoisotopic (exact) mass is 453 g/mol. The van der Waals surface area contributed by atoms with Gasteiger partial charge in [0.15, 0.2) is 0 Å². The van der Waals surface area contributed by atoms with E-state index < -0.39 is 0 Å². The van der Waals surface area contributed by atoms with Gasteiger partial charge in [-0.2, -0.15) is 0 Å². The van der Waals surface area contributed by atoms with E-state index in [-0.39, 0.29) is 0 Å². The number of ketones is 1. The van der Waals surface area contributed by atoms with Crippen LogP contribution in [0.4, 0.5) is 0 Å². The summed E-state index contributed by atoms with van der Waals surface area (Å²) >= 11 is 6.00. The lowest BCUT2D eigenvalue weighted by Crippen LogP contribution is -2.47. The van der Waals surface area contributed by atoms with Gasteiger partial charge in [-0.15, -0.1) is 0 Å². The Bertz CT molecular complexity index is 856. The molecule has 32 heavy (non-hydrogen) atoms. The molecule has 0 aromatic heterocycles. The predicted octanol–water partition coefficient (Wildman–Crippen LogP) is 4.75. The van der Waals surface area contributed by atoms with Gasteiger partial charge in [0.05, 0.1) is 6.54 Å². The first-order valence-electron chi connectivity index (χ1n) is 12.5. The molecule has 1 aromatic carbocycles. The van der Waals surface area contributed by atoms with Crippen LogP contribution in [0.1, 0.15) is 44.1 Å². The van der Waals surface area contributed by atoms with Crippen LogP contribution in [-0.2, 0) is 11.3 Å². The third kappa shape index (κ3) is 4.98. The molecule has 0 radical (unpaired) electrons. The minimum Gasteiger partial charge on any atom is -0.371 e. The molecule has 1 saturated carbocycles. The molecule has 2 heterocycles. The van der Waals surface area contributed by atoms with E-state index in [1.807, 2.05) is 12.1 Å². The van der Waals surface area contributed by atoms with Gasteiger partial charge in [-0.05, 0) is 49.0 Å². The number of halogens is 1.